The van der Waals surface area contributed by atoms with Gasteiger partial charge in [0.2, 0.25) is 0 Å². The van der Waals surface area contributed by atoms with E-state index in [1.165, 1.54) is 26.5 Å². The van der Waals surface area contributed by atoms with Crippen LogP contribution in [-0.4, -0.2) is 56.9 Å². The second-order valence-corrected chi connectivity index (χ2v) is 5.09. The van der Waals surface area contributed by atoms with Gasteiger partial charge in [-0.3, -0.25) is 0 Å². The van der Waals surface area contributed by atoms with Gasteiger partial charge in [0.1, 0.15) is 0 Å². The molecule has 2 unspecified atom stereocenters. The number of nitrogens with one attached hydrogen (secondary N) is 2. The molecule has 17 heavy (non-hydrogen) atoms. The molecule has 2 N–H and O–H groups in total. The summed E-state index contributed by atoms with van der Waals surface area (Å²) in [6, 6.07) is 0.263. The summed E-state index contributed by atoms with van der Waals surface area (Å²) < 4.78 is 4.62. The highest BCUT2D eigenvalue weighted by molar-refractivity contribution is 5.67. The number of methoxy groups -OCH3 is 1. The number of alkyl carbamates (subject to hydrolysis) is 1. The van der Waals surface area contributed by atoms with Gasteiger partial charge >= 0.3 is 6.09 Å². The maximum atomic E-state index is 11.1. The molecule has 0 bridgehead atoms. The molecular formula is C12H23N3O2. The lowest BCUT2D eigenvalue weighted by atomic mass is 9.99. The lowest BCUT2D eigenvalue weighted by molar-refractivity contribution is 0.166. The van der Waals surface area contributed by atoms with E-state index in [4.69, 9.17) is 0 Å². The van der Waals surface area contributed by atoms with E-state index in [-0.39, 0.29) is 12.1 Å². The topological polar surface area (TPSA) is 53.6 Å². The summed E-state index contributed by atoms with van der Waals surface area (Å²) in [6.45, 7) is 5.53. The summed E-state index contributed by atoms with van der Waals surface area (Å²) in [7, 11) is 1.41. The van der Waals surface area contributed by atoms with Crippen molar-refractivity contribution < 1.29 is 9.53 Å². The molecule has 0 aromatic heterocycles. The monoisotopic (exact) mass is 241 g/mol. The van der Waals surface area contributed by atoms with Crippen LogP contribution in [0.5, 0.6) is 0 Å². The molecule has 2 atom stereocenters. The predicted octanol–water partition coefficient (Wildman–Crippen LogP) is 0.416. The third-order valence-corrected chi connectivity index (χ3v) is 3.70. The van der Waals surface area contributed by atoms with Crippen LogP contribution in [0.4, 0.5) is 4.79 Å². The van der Waals surface area contributed by atoms with E-state index in [2.05, 4.69) is 20.3 Å². The quantitative estimate of drug-likeness (QED) is 0.752. The molecule has 0 saturated carbocycles. The van der Waals surface area contributed by atoms with Gasteiger partial charge in [-0.25, -0.2) is 4.79 Å². The van der Waals surface area contributed by atoms with Crippen molar-refractivity contribution in [1.29, 1.82) is 0 Å². The number of hydrogen-bond acceptors (Lipinski definition) is 4. The van der Waals surface area contributed by atoms with E-state index >= 15 is 0 Å². The van der Waals surface area contributed by atoms with Crippen molar-refractivity contribution in [3.63, 3.8) is 0 Å². The summed E-state index contributed by atoms with van der Waals surface area (Å²) in [6.07, 6.45) is 3.35. The van der Waals surface area contributed by atoms with E-state index in [0.717, 1.165) is 38.5 Å². The van der Waals surface area contributed by atoms with Crippen LogP contribution >= 0.6 is 0 Å². The van der Waals surface area contributed by atoms with Crippen LogP contribution in [0.15, 0.2) is 0 Å². The third-order valence-electron chi connectivity index (χ3n) is 3.70. The highest BCUT2D eigenvalue weighted by Gasteiger charge is 2.26. The van der Waals surface area contributed by atoms with Gasteiger partial charge in [0, 0.05) is 25.7 Å². The van der Waals surface area contributed by atoms with Crippen LogP contribution in [0.2, 0.25) is 0 Å². The lowest BCUT2D eigenvalue weighted by Gasteiger charge is -2.27. The first-order valence-corrected chi connectivity index (χ1v) is 6.55. The largest absolute Gasteiger partial charge is 0.453 e. The minimum Gasteiger partial charge on any atom is -0.453 e. The zero-order chi connectivity index (χ0) is 12.1. The van der Waals surface area contributed by atoms with E-state index in [0.29, 0.717) is 0 Å². The molecule has 98 valence electrons. The highest BCUT2D eigenvalue weighted by atomic mass is 16.5. The minimum absolute atomic E-state index is 0.263. The zero-order valence-corrected chi connectivity index (χ0v) is 10.6. The van der Waals surface area contributed by atoms with Crippen LogP contribution in [-0.2, 0) is 4.74 Å². The van der Waals surface area contributed by atoms with Gasteiger partial charge in [-0.1, -0.05) is 0 Å². The van der Waals surface area contributed by atoms with Crippen LogP contribution < -0.4 is 10.6 Å². The van der Waals surface area contributed by atoms with E-state index in [9.17, 15) is 4.79 Å². The number of likely N-dealkylation sites (tertiary alicyclic amines) is 1. The van der Waals surface area contributed by atoms with Crippen molar-refractivity contribution >= 4 is 6.09 Å². The summed E-state index contributed by atoms with van der Waals surface area (Å²) in [5.74, 6) is 0.778. The Hall–Kier alpha value is -0.810. The standard InChI is InChI=1S/C12H23N3O2/c1-17-12(16)14-11-4-6-15(9-11)8-10-3-2-5-13-7-10/h10-11,13H,2-9H2,1H3,(H,14,16). The van der Waals surface area contributed by atoms with Crippen LogP contribution in [0.25, 0.3) is 0 Å². The normalized spacial score (nSPS) is 30.2. The molecule has 0 aromatic carbocycles. The number of nitrogens with zero attached hydrogens (tertiary/aromatic N) is 1. The molecule has 0 radical (unpaired) electrons. The molecule has 0 spiro atoms. The van der Waals surface area contributed by atoms with Gasteiger partial charge in [0.15, 0.2) is 0 Å². The third kappa shape index (κ3) is 3.85. The summed E-state index contributed by atoms with van der Waals surface area (Å²) in [5, 5.41) is 6.32. The van der Waals surface area contributed by atoms with Gasteiger partial charge in [-0.2, -0.15) is 0 Å². The van der Waals surface area contributed by atoms with Crippen molar-refractivity contribution in [2.45, 2.75) is 25.3 Å². The molecule has 2 aliphatic heterocycles. The number of rotatable bonds is 3. The number of carbonyl (C=O) groups excluding carboxylic acids is 1. The molecule has 2 fully saturated rings. The van der Waals surface area contributed by atoms with Crippen molar-refractivity contribution in [2.24, 2.45) is 5.92 Å². The van der Waals surface area contributed by atoms with E-state index in [1.54, 1.807) is 0 Å². The fourth-order valence-electron chi connectivity index (χ4n) is 2.79. The fraction of sp³-hybridized carbons (Fsp3) is 0.917. The van der Waals surface area contributed by atoms with Gasteiger partial charge in [0.05, 0.1) is 7.11 Å². The molecule has 2 rings (SSSR count). The number of piperidine rings is 1. The SMILES string of the molecule is COC(=O)NC1CCN(CC2CCCNC2)C1. The average Bonchev–Trinajstić information content (AvgIpc) is 2.77. The molecule has 0 aliphatic carbocycles. The Labute approximate surface area is 103 Å². The summed E-state index contributed by atoms with van der Waals surface area (Å²) in [5.41, 5.74) is 0. The second kappa shape index (κ2) is 6.21. The molecule has 5 nitrogen and oxygen atoms in total. The first-order valence-electron chi connectivity index (χ1n) is 6.55. The van der Waals surface area contributed by atoms with Crippen molar-refractivity contribution in [1.82, 2.24) is 15.5 Å². The number of amides is 1. The first-order chi connectivity index (χ1) is 8.28. The smallest absolute Gasteiger partial charge is 0.407 e. The van der Waals surface area contributed by atoms with E-state index in [1.807, 2.05) is 0 Å². The first kappa shape index (κ1) is 12.6. The molecule has 0 aromatic rings. The number of hydrogen-bond donors (Lipinski definition) is 2. The molecule has 2 aliphatic rings. The number of carbonyl (C=O) groups is 1. The number of ether oxygens (including phenoxy) is 1. The van der Waals surface area contributed by atoms with Crippen molar-refractivity contribution in [2.75, 3.05) is 39.8 Å². The maximum Gasteiger partial charge on any atom is 0.407 e. The molecular weight excluding hydrogens is 218 g/mol. The van der Waals surface area contributed by atoms with Gasteiger partial charge < -0.3 is 20.3 Å². The highest BCUT2D eigenvalue weighted by Crippen LogP contribution is 2.16. The molecule has 5 heteroatoms. The Bertz CT molecular complexity index is 254. The lowest BCUT2D eigenvalue weighted by Crippen LogP contribution is -2.40. The molecule has 1 amide bonds. The Kier molecular flexibility index (Phi) is 4.62. The summed E-state index contributed by atoms with van der Waals surface area (Å²) >= 11 is 0. The fourth-order valence-corrected chi connectivity index (χ4v) is 2.79. The van der Waals surface area contributed by atoms with Crippen molar-refractivity contribution in [3.05, 3.63) is 0 Å². The Morgan fingerprint density at radius 1 is 1.53 bits per heavy atom. The van der Waals surface area contributed by atoms with Crippen LogP contribution in [0.1, 0.15) is 19.3 Å². The average molecular weight is 241 g/mol. The minimum atomic E-state index is -0.309. The van der Waals surface area contributed by atoms with E-state index < -0.39 is 0 Å². The van der Waals surface area contributed by atoms with Crippen LogP contribution in [0, 0.1) is 5.92 Å². The van der Waals surface area contributed by atoms with Crippen molar-refractivity contribution in [3.8, 4) is 0 Å². The van der Waals surface area contributed by atoms with Gasteiger partial charge in [-0.15, -0.1) is 0 Å². The Balaban J connectivity index is 1.68. The predicted molar refractivity (Wildman–Crippen MR) is 66.0 cm³/mol. The Morgan fingerprint density at radius 3 is 3.12 bits per heavy atom. The Morgan fingerprint density at radius 2 is 2.41 bits per heavy atom. The van der Waals surface area contributed by atoms with Gasteiger partial charge in [-0.05, 0) is 38.3 Å². The van der Waals surface area contributed by atoms with Crippen LogP contribution in [0.3, 0.4) is 0 Å². The molecule has 2 saturated heterocycles. The molecule has 2 heterocycles. The van der Waals surface area contributed by atoms with Gasteiger partial charge in [0.25, 0.3) is 0 Å². The summed E-state index contributed by atoms with van der Waals surface area (Å²) in [4.78, 5) is 13.6. The second-order valence-electron chi connectivity index (χ2n) is 5.09. The zero-order valence-electron chi connectivity index (χ0n) is 10.6. The maximum absolute atomic E-state index is 11.1.